The summed E-state index contributed by atoms with van der Waals surface area (Å²) >= 11 is -2.06. The molecule has 0 bridgehead atoms. The molecule has 0 unspecified atom stereocenters. The predicted molar refractivity (Wildman–Crippen MR) is 112 cm³/mol. The molecule has 0 aromatic heterocycles. The Morgan fingerprint density at radius 3 is 2.45 bits per heavy atom. The van der Waals surface area contributed by atoms with Crippen molar-refractivity contribution in [1.29, 1.82) is 0 Å². The predicted octanol–water partition coefficient (Wildman–Crippen LogP) is -0.611. The van der Waals surface area contributed by atoms with Crippen molar-refractivity contribution >= 4 is 8.96 Å². The Morgan fingerprint density at radius 1 is 1.14 bits per heavy atom. The van der Waals surface area contributed by atoms with Crippen molar-refractivity contribution in [2.24, 2.45) is 0 Å². The second kappa shape index (κ2) is 9.42. The molecule has 0 heterocycles. The van der Waals surface area contributed by atoms with E-state index in [9.17, 15) is 0 Å². The molecule has 2 aromatic carbocycles. The van der Waals surface area contributed by atoms with Crippen LogP contribution in [0.1, 0.15) is 42.5 Å². The molecule has 2 aromatic rings. The summed E-state index contributed by atoms with van der Waals surface area (Å²) in [5.74, 6) is 0.874. The number of aryl methyl sites for hydroxylation is 1. The third-order valence-electron chi connectivity index (χ3n) is 5.92. The van der Waals surface area contributed by atoms with Crippen LogP contribution in [0.25, 0.3) is 11.1 Å². The van der Waals surface area contributed by atoms with Crippen LogP contribution in [0.2, 0.25) is 3.63 Å². The van der Waals surface area contributed by atoms with Crippen LogP contribution < -0.4 is 38.6 Å². The second-order valence-corrected chi connectivity index (χ2v) is 15.7. The van der Waals surface area contributed by atoms with Gasteiger partial charge in [0.25, 0.3) is 0 Å². The Hall–Kier alpha value is -1.02. The van der Waals surface area contributed by atoms with E-state index in [4.69, 9.17) is 10.5 Å². The first kappa shape index (κ1) is 24.3. The molecule has 5 heteroatoms. The van der Waals surface area contributed by atoms with Gasteiger partial charge in [0.15, 0.2) is 0 Å². The van der Waals surface area contributed by atoms with Crippen molar-refractivity contribution in [2.75, 3.05) is 12.8 Å². The van der Waals surface area contributed by atoms with Crippen molar-refractivity contribution in [3.05, 3.63) is 62.0 Å². The Kier molecular flexibility index (Phi) is 7.88. The maximum Gasteiger partial charge on any atom is -1.00 e. The molecule has 0 fully saturated rings. The van der Waals surface area contributed by atoms with Gasteiger partial charge in [0.2, 0.25) is 0 Å². The third-order valence-corrected chi connectivity index (χ3v) is 14.4. The number of hydrogen-bond acceptors (Lipinski definition) is 2. The molecule has 0 spiro atoms. The fourth-order valence-electron chi connectivity index (χ4n) is 4.74. The molecule has 0 saturated heterocycles. The van der Waals surface area contributed by atoms with E-state index < -0.39 is 21.8 Å². The smallest absolute Gasteiger partial charge is 1.00 e. The average molecular weight is 509 g/mol. The van der Waals surface area contributed by atoms with Crippen LogP contribution in [0.4, 0.5) is 5.69 Å². The number of benzene rings is 2. The van der Waals surface area contributed by atoms with Gasteiger partial charge in [0.1, 0.15) is 0 Å². The number of nitrogen functional groups attached to an aromatic ring is 1. The summed E-state index contributed by atoms with van der Waals surface area (Å²) in [7, 11) is 1.75. The summed E-state index contributed by atoms with van der Waals surface area (Å²) < 4.78 is 9.86. The van der Waals surface area contributed by atoms with Gasteiger partial charge in [-0.3, -0.25) is 0 Å². The summed E-state index contributed by atoms with van der Waals surface area (Å²) in [6, 6.07) is 6.79. The molecule has 29 heavy (non-hydrogen) atoms. The van der Waals surface area contributed by atoms with Crippen LogP contribution in [0.3, 0.4) is 0 Å². The van der Waals surface area contributed by atoms with Crippen LogP contribution in [-0.4, -0.2) is 7.11 Å². The summed E-state index contributed by atoms with van der Waals surface area (Å²) in [6.45, 7) is 9.21. The van der Waals surface area contributed by atoms with Crippen molar-refractivity contribution in [2.45, 2.75) is 44.2 Å². The zero-order chi connectivity index (χ0) is 19.3. The van der Waals surface area contributed by atoms with Crippen LogP contribution in [0.5, 0.6) is 5.75 Å². The third kappa shape index (κ3) is 3.99. The van der Waals surface area contributed by atoms with E-state index in [2.05, 4.69) is 64.1 Å². The molecule has 2 nitrogen and oxygen atoms in total. The number of halogens is 2. The summed E-state index contributed by atoms with van der Waals surface area (Å²) in [5, 5.41) is 0. The quantitative estimate of drug-likeness (QED) is 0.478. The van der Waals surface area contributed by atoms with Crippen molar-refractivity contribution < 1.29 is 51.3 Å². The number of nitrogens with two attached hydrogens (primary N) is 1. The molecule has 0 radical (unpaired) electrons. The monoisotopic (exact) mass is 506 g/mol. The molecule has 4 rings (SSSR count). The molecule has 153 valence electrons. The number of anilines is 1. The molecule has 2 aliphatic carbocycles. The fraction of sp³-hybridized carbons (Fsp3) is 0.333. The summed E-state index contributed by atoms with van der Waals surface area (Å²) in [6.07, 6.45) is 9.06. The van der Waals surface area contributed by atoms with Gasteiger partial charge in [-0.2, -0.15) is 0 Å². The Morgan fingerprint density at radius 2 is 1.86 bits per heavy atom. The largest absolute Gasteiger partial charge is 1.00 e. The first-order valence-corrected chi connectivity index (χ1v) is 13.6. The van der Waals surface area contributed by atoms with E-state index in [1.165, 1.54) is 33.4 Å². The maximum absolute atomic E-state index is 6.66. The van der Waals surface area contributed by atoms with Gasteiger partial charge in [-0.05, 0) is 0 Å². The van der Waals surface area contributed by atoms with Crippen molar-refractivity contribution in [1.82, 2.24) is 0 Å². The molecule has 0 saturated carbocycles. The molecule has 0 aliphatic heterocycles. The molecule has 2 aliphatic rings. The first-order chi connectivity index (χ1) is 12.9. The van der Waals surface area contributed by atoms with Gasteiger partial charge in [-0.1, -0.05) is 0 Å². The SMILES string of the molecule is COc1c(N)c(C)[c]([Zr+2]([C]2=CC=CC2)[CH](C)C)c2c1-c1ccc(C)cc1C2.[Cl-].[Cl-]. The van der Waals surface area contributed by atoms with Gasteiger partial charge in [0.05, 0.1) is 0 Å². The Balaban J connectivity index is 0.00000150. The number of rotatable bonds is 4. The van der Waals surface area contributed by atoms with Crippen LogP contribution in [-0.2, 0) is 28.2 Å². The van der Waals surface area contributed by atoms with Crippen LogP contribution in [0, 0.1) is 13.8 Å². The average Bonchev–Trinajstić information content (AvgIpc) is 3.26. The number of fused-ring (bicyclic) bond motifs is 3. The van der Waals surface area contributed by atoms with Gasteiger partial charge < -0.3 is 24.8 Å². The first-order valence-electron chi connectivity index (χ1n) is 9.76. The number of methoxy groups -OCH3 is 1. The molecule has 0 atom stereocenters. The van der Waals surface area contributed by atoms with Gasteiger partial charge in [-0.15, -0.1) is 0 Å². The molecular formula is C24H28Cl2NOZr. The van der Waals surface area contributed by atoms with Gasteiger partial charge in [0, 0.05) is 0 Å². The van der Waals surface area contributed by atoms with E-state index >= 15 is 0 Å². The van der Waals surface area contributed by atoms with Gasteiger partial charge >= 0.3 is 171 Å². The Bertz CT molecular complexity index is 995. The van der Waals surface area contributed by atoms with E-state index in [-0.39, 0.29) is 24.8 Å². The Labute approximate surface area is 195 Å². The minimum Gasteiger partial charge on any atom is -1.00 e. The molecular weight excluding hydrogens is 480 g/mol. The van der Waals surface area contributed by atoms with Crippen LogP contribution >= 0.6 is 0 Å². The zero-order valence-electron chi connectivity index (χ0n) is 17.7. The second-order valence-electron chi connectivity index (χ2n) is 8.03. The topological polar surface area (TPSA) is 35.2 Å². The van der Waals surface area contributed by atoms with E-state index in [0.717, 1.165) is 24.3 Å². The minimum absolute atomic E-state index is 0. The molecule has 2 N–H and O–H groups in total. The zero-order valence-corrected chi connectivity index (χ0v) is 21.7. The minimum atomic E-state index is -2.06. The normalized spacial score (nSPS) is 13.4. The van der Waals surface area contributed by atoms with Crippen LogP contribution in [0.15, 0.2) is 39.7 Å². The van der Waals surface area contributed by atoms with Crippen molar-refractivity contribution in [3.63, 3.8) is 0 Å². The standard InChI is InChI=1S/C16H16NO.C5H5.C3H7.2ClH.Zr/c1-9-4-5-13-11(6-9)8-12-7-10(2)15(17)16(18-3)14(12)13;1-2-4-5-3-1;1-3-2;;;/h4-6H,8,17H2,1-3H3;1-3H,4H2;3H,1-2H3;2*1H;/q;;;;;+2/p-2. The summed E-state index contributed by atoms with van der Waals surface area (Å²) in [5.41, 5.74) is 15.6. The van der Waals surface area contributed by atoms with Crippen molar-refractivity contribution in [3.8, 4) is 16.9 Å². The van der Waals surface area contributed by atoms with E-state index in [1.807, 2.05) is 0 Å². The number of ether oxygens (including phenoxy) is 1. The number of hydrogen-bond donors (Lipinski definition) is 1. The number of allylic oxidation sites excluding steroid dienone is 4. The maximum atomic E-state index is 6.66. The van der Waals surface area contributed by atoms with E-state index in [1.54, 1.807) is 13.7 Å². The summed E-state index contributed by atoms with van der Waals surface area (Å²) in [4.78, 5) is 0. The van der Waals surface area contributed by atoms with Gasteiger partial charge in [-0.25, -0.2) is 0 Å². The fourth-order valence-corrected chi connectivity index (χ4v) is 12.9. The molecule has 0 amide bonds. The van der Waals surface area contributed by atoms with E-state index in [0.29, 0.717) is 3.63 Å².